The van der Waals surface area contributed by atoms with Gasteiger partial charge in [0.05, 0.1) is 26.1 Å². The zero-order chi connectivity index (χ0) is 35.3. The van der Waals surface area contributed by atoms with E-state index in [4.69, 9.17) is 18.7 Å². The topological polar surface area (TPSA) is 199 Å². The summed E-state index contributed by atoms with van der Waals surface area (Å²) >= 11 is 0. The molecule has 47 heavy (non-hydrogen) atoms. The first-order valence-corrected chi connectivity index (χ1v) is 17.6. The third-order valence-corrected chi connectivity index (χ3v) is 9.39. The predicted octanol–water partition coefficient (Wildman–Crippen LogP) is 2.47. The van der Waals surface area contributed by atoms with Gasteiger partial charge in [-0.25, -0.2) is 25.1 Å². The van der Waals surface area contributed by atoms with Crippen LogP contribution in [0.15, 0.2) is 6.33 Å². The molecule has 1 fully saturated rings. The van der Waals surface area contributed by atoms with Crippen LogP contribution in [-0.2, 0) is 32.9 Å². The maximum absolute atomic E-state index is 14.6. The van der Waals surface area contributed by atoms with Crippen LogP contribution in [0.5, 0.6) is 0 Å². The van der Waals surface area contributed by atoms with E-state index >= 15 is 0 Å². The summed E-state index contributed by atoms with van der Waals surface area (Å²) in [6.07, 6.45) is -1.92. The van der Waals surface area contributed by atoms with Crippen LogP contribution < -0.4 is 15.1 Å². The van der Waals surface area contributed by atoms with Crippen LogP contribution in [0.1, 0.15) is 73.4 Å². The maximum Gasteiger partial charge on any atom is 0.342 e. The van der Waals surface area contributed by atoms with E-state index in [2.05, 4.69) is 25.1 Å². The van der Waals surface area contributed by atoms with E-state index < -0.39 is 62.3 Å². The number of aliphatic hydroxyl groups is 2. The van der Waals surface area contributed by atoms with E-state index in [0.29, 0.717) is 22.8 Å². The first kappa shape index (κ1) is 38.7. The SMILES string of the molecule is CCOC(=O)[C@H](CC(C)C)NP(=O)(N[C@@H](CC(C)C)C(=O)OCC)OC[C@H]1O[C@@H](n2cnc3c(N(C)C)nc(C)nc32)[C@@](C)(O)C1O. The average molecular weight is 686 g/mol. The summed E-state index contributed by atoms with van der Waals surface area (Å²) in [5.41, 5.74) is -1.01. The van der Waals surface area contributed by atoms with Gasteiger partial charge in [-0.2, -0.15) is 0 Å². The zero-order valence-corrected chi connectivity index (χ0v) is 30.0. The summed E-state index contributed by atoms with van der Waals surface area (Å²) in [5.74, 6) is -0.229. The molecular formula is C30H52N7O9P. The lowest BCUT2D eigenvalue weighted by molar-refractivity contribution is -0.146. The number of anilines is 1. The molecule has 4 N–H and O–H groups in total. The normalized spacial score (nSPS) is 23.0. The summed E-state index contributed by atoms with van der Waals surface area (Å²) < 4.78 is 38.6. The molecule has 0 aromatic carbocycles. The Morgan fingerprint density at radius 1 is 1.06 bits per heavy atom. The highest BCUT2D eigenvalue weighted by molar-refractivity contribution is 7.54. The van der Waals surface area contributed by atoms with Gasteiger partial charge in [0, 0.05) is 14.1 Å². The van der Waals surface area contributed by atoms with Crippen molar-refractivity contribution in [3.8, 4) is 0 Å². The fourth-order valence-corrected chi connectivity index (χ4v) is 7.22. The monoisotopic (exact) mass is 685 g/mol. The average Bonchev–Trinajstić information content (AvgIpc) is 3.47. The van der Waals surface area contributed by atoms with E-state index in [1.165, 1.54) is 17.8 Å². The first-order chi connectivity index (χ1) is 21.9. The minimum Gasteiger partial charge on any atom is -0.465 e. The smallest absolute Gasteiger partial charge is 0.342 e. The Kier molecular flexibility index (Phi) is 13.3. The molecule has 2 aromatic heterocycles. The van der Waals surface area contributed by atoms with E-state index in [1.807, 2.05) is 41.8 Å². The lowest BCUT2D eigenvalue weighted by Gasteiger charge is -2.30. The van der Waals surface area contributed by atoms with E-state index in [-0.39, 0.29) is 37.9 Å². The van der Waals surface area contributed by atoms with Crippen molar-refractivity contribution >= 4 is 36.6 Å². The number of esters is 2. The van der Waals surface area contributed by atoms with Crippen molar-refractivity contribution < 1.29 is 43.1 Å². The van der Waals surface area contributed by atoms with Crippen LogP contribution >= 0.6 is 7.67 Å². The van der Waals surface area contributed by atoms with Crippen LogP contribution in [0, 0.1) is 18.8 Å². The summed E-state index contributed by atoms with van der Waals surface area (Å²) in [5, 5.41) is 28.4. The van der Waals surface area contributed by atoms with Crippen LogP contribution in [0.4, 0.5) is 5.82 Å². The fourth-order valence-electron chi connectivity index (χ4n) is 5.40. The molecule has 17 heteroatoms. The Hall–Kier alpha value is -2.72. The quantitative estimate of drug-likeness (QED) is 0.140. The number of nitrogens with one attached hydrogen (secondary N) is 2. The predicted molar refractivity (Wildman–Crippen MR) is 175 cm³/mol. The fraction of sp³-hybridized carbons (Fsp3) is 0.767. The number of aryl methyl sites for hydroxylation is 1. The maximum atomic E-state index is 14.6. The van der Waals surface area contributed by atoms with Gasteiger partial charge >= 0.3 is 19.6 Å². The number of carbonyl (C=O) groups is 2. The van der Waals surface area contributed by atoms with Gasteiger partial charge in [0.15, 0.2) is 23.2 Å². The zero-order valence-electron chi connectivity index (χ0n) is 29.1. The molecule has 1 saturated heterocycles. The molecule has 0 radical (unpaired) electrons. The molecule has 1 unspecified atom stereocenters. The number of aromatic nitrogens is 4. The van der Waals surface area contributed by atoms with Crippen molar-refractivity contribution in [3.05, 3.63) is 12.2 Å². The van der Waals surface area contributed by atoms with Crippen molar-refractivity contribution in [2.24, 2.45) is 11.8 Å². The molecule has 0 saturated carbocycles. The number of carbonyl (C=O) groups excluding carboxylic acids is 2. The van der Waals surface area contributed by atoms with Crippen LogP contribution in [0.25, 0.3) is 11.2 Å². The lowest BCUT2D eigenvalue weighted by atomic mass is 9.96. The number of fused-ring (bicyclic) bond motifs is 1. The van der Waals surface area contributed by atoms with Gasteiger partial charge in [-0.15, -0.1) is 0 Å². The molecule has 0 bridgehead atoms. The van der Waals surface area contributed by atoms with Crippen LogP contribution in [0.3, 0.4) is 0 Å². The van der Waals surface area contributed by atoms with Gasteiger partial charge < -0.3 is 33.8 Å². The number of imidazole rings is 1. The number of rotatable bonds is 17. The molecule has 6 atom stereocenters. The molecule has 16 nitrogen and oxygen atoms in total. The van der Waals surface area contributed by atoms with Crippen molar-refractivity contribution in [1.82, 2.24) is 29.7 Å². The van der Waals surface area contributed by atoms with Crippen molar-refractivity contribution in [1.29, 1.82) is 0 Å². The minimum absolute atomic E-state index is 0.00294. The molecule has 266 valence electrons. The molecule has 0 aliphatic carbocycles. The number of nitrogens with zero attached hydrogens (tertiary/aromatic N) is 5. The number of aliphatic hydroxyl groups excluding tert-OH is 1. The largest absolute Gasteiger partial charge is 0.465 e. The Labute approximate surface area is 276 Å². The Morgan fingerprint density at radius 3 is 2.06 bits per heavy atom. The number of hydrogen-bond acceptors (Lipinski definition) is 13. The molecule has 2 aromatic rings. The van der Waals surface area contributed by atoms with Gasteiger partial charge in [0.25, 0.3) is 0 Å². The molecule has 0 spiro atoms. The Morgan fingerprint density at radius 2 is 1.60 bits per heavy atom. The van der Waals surface area contributed by atoms with Crippen molar-refractivity contribution in [2.45, 2.75) is 104 Å². The lowest BCUT2D eigenvalue weighted by Crippen LogP contribution is -2.47. The second kappa shape index (κ2) is 16.1. The van der Waals surface area contributed by atoms with Gasteiger partial charge in [-0.1, -0.05) is 27.7 Å². The minimum atomic E-state index is -4.28. The third-order valence-electron chi connectivity index (χ3n) is 7.57. The second-order valence-electron chi connectivity index (χ2n) is 13.0. The van der Waals surface area contributed by atoms with E-state index in [0.717, 1.165) is 0 Å². The standard InChI is InChI=1S/C30H52N7O9P/c1-11-43-27(39)20(13-17(3)4)34-47(42,35-21(14-18(5)6)28(40)44-12-2)45-15-22-24(38)30(8,41)29(46-22)37-16-31-23-25(36(9)10)32-19(7)33-26(23)37/h16-18,20-22,24,29,38,41H,11-15H2,1-10H3,(H2,34,35,42)/t20-,21-,22+,24?,29+,30-/m0/s1. The van der Waals surface area contributed by atoms with Crippen LogP contribution in [-0.4, -0.2) is 105 Å². The molecular weight excluding hydrogens is 633 g/mol. The first-order valence-electron chi connectivity index (χ1n) is 16.0. The molecule has 0 amide bonds. The van der Waals surface area contributed by atoms with Crippen molar-refractivity contribution in [2.75, 3.05) is 38.8 Å². The second-order valence-corrected chi connectivity index (χ2v) is 14.9. The third kappa shape index (κ3) is 9.46. The van der Waals surface area contributed by atoms with Gasteiger partial charge in [-0.05, 0) is 52.4 Å². The highest BCUT2D eigenvalue weighted by atomic mass is 31.2. The van der Waals surface area contributed by atoms with E-state index in [9.17, 15) is 24.4 Å². The Bertz CT molecular complexity index is 1380. The number of hydrogen-bond donors (Lipinski definition) is 4. The molecule has 3 rings (SSSR count). The number of ether oxygens (including phenoxy) is 3. The summed E-state index contributed by atoms with van der Waals surface area (Å²) in [6.45, 7) is 13.8. The molecule has 1 aliphatic heterocycles. The van der Waals surface area contributed by atoms with Gasteiger partial charge in [0.1, 0.15) is 35.7 Å². The van der Waals surface area contributed by atoms with Crippen molar-refractivity contribution in [3.63, 3.8) is 0 Å². The molecule has 3 heterocycles. The van der Waals surface area contributed by atoms with Gasteiger partial charge in [-0.3, -0.25) is 18.7 Å². The highest BCUT2D eigenvalue weighted by Gasteiger charge is 2.54. The summed E-state index contributed by atoms with van der Waals surface area (Å²) in [4.78, 5) is 41.0. The summed E-state index contributed by atoms with van der Waals surface area (Å²) in [6, 6.07) is -2.10. The summed E-state index contributed by atoms with van der Waals surface area (Å²) in [7, 11) is -0.641. The van der Waals surface area contributed by atoms with Gasteiger partial charge in [0.2, 0.25) is 0 Å². The highest BCUT2D eigenvalue weighted by Crippen LogP contribution is 2.45. The van der Waals surface area contributed by atoms with Crippen LogP contribution in [0.2, 0.25) is 0 Å². The van der Waals surface area contributed by atoms with E-state index in [1.54, 1.807) is 25.7 Å². The Balaban J connectivity index is 1.95. The molecule has 1 aliphatic rings.